The third kappa shape index (κ3) is 9.30. The number of rotatable bonds is 5. The number of methoxy groups -OCH3 is 1. The first-order valence-electron chi connectivity index (χ1n) is 7.80. The maximum atomic E-state index is 9.22. The monoisotopic (exact) mass is 292 g/mol. The molecular formula is C19H32O2. The molecule has 0 fully saturated rings. The van der Waals surface area contributed by atoms with Crippen molar-refractivity contribution in [2.75, 3.05) is 7.11 Å². The Bertz CT molecular complexity index is 415. The Hall–Kier alpha value is -1.28. The van der Waals surface area contributed by atoms with Crippen LogP contribution in [0.1, 0.15) is 65.0 Å². The number of hydrogen-bond acceptors (Lipinski definition) is 2. The minimum atomic E-state index is -0.300. The average molecular weight is 292 g/mol. The largest absolute Gasteiger partial charge is 0.496 e. The molecule has 2 heteroatoms. The summed E-state index contributed by atoms with van der Waals surface area (Å²) in [5.41, 5.74) is 2.36. The number of hydrogen-bond donors (Lipinski definition) is 1. The Morgan fingerprint density at radius 3 is 2.10 bits per heavy atom. The molecule has 0 saturated carbocycles. The summed E-state index contributed by atoms with van der Waals surface area (Å²) in [4.78, 5) is 0. The third-order valence-corrected chi connectivity index (χ3v) is 2.70. The molecule has 1 aromatic carbocycles. The van der Waals surface area contributed by atoms with Gasteiger partial charge >= 0.3 is 0 Å². The lowest BCUT2D eigenvalue weighted by molar-refractivity contribution is 0.199. The van der Waals surface area contributed by atoms with Crippen molar-refractivity contribution >= 4 is 6.08 Å². The quantitative estimate of drug-likeness (QED) is 0.801. The van der Waals surface area contributed by atoms with Crippen LogP contribution in [-0.4, -0.2) is 18.3 Å². The van der Waals surface area contributed by atoms with Crippen LogP contribution in [0, 0.1) is 5.92 Å². The van der Waals surface area contributed by atoms with E-state index in [1.807, 2.05) is 18.2 Å². The third-order valence-electron chi connectivity index (χ3n) is 2.70. The van der Waals surface area contributed by atoms with Gasteiger partial charge in [-0.15, -0.1) is 0 Å². The van der Waals surface area contributed by atoms with Crippen molar-refractivity contribution < 1.29 is 9.84 Å². The molecule has 0 unspecified atom stereocenters. The maximum Gasteiger partial charge on any atom is 0.126 e. The van der Waals surface area contributed by atoms with Crippen LogP contribution in [0.25, 0.3) is 6.08 Å². The van der Waals surface area contributed by atoms with E-state index in [0.717, 1.165) is 17.2 Å². The summed E-state index contributed by atoms with van der Waals surface area (Å²) in [6, 6.07) is 6.23. The van der Waals surface area contributed by atoms with Gasteiger partial charge in [-0.3, -0.25) is 0 Å². The van der Waals surface area contributed by atoms with Gasteiger partial charge in [0.1, 0.15) is 5.75 Å². The fourth-order valence-corrected chi connectivity index (χ4v) is 1.63. The van der Waals surface area contributed by atoms with Crippen molar-refractivity contribution in [3.05, 3.63) is 35.4 Å². The zero-order valence-electron chi connectivity index (χ0n) is 14.7. The first kappa shape index (κ1) is 19.7. The predicted octanol–water partition coefficient (Wildman–Crippen LogP) is 5.27. The lowest BCUT2D eigenvalue weighted by Gasteiger charge is -2.10. The molecule has 0 aliphatic carbocycles. The molecule has 1 N–H and O–H groups in total. The van der Waals surface area contributed by atoms with Gasteiger partial charge in [0, 0.05) is 5.56 Å². The molecule has 0 aromatic heterocycles. The summed E-state index contributed by atoms with van der Waals surface area (Å²) < 4.78 is 5.32. The zero-order chi connectivity index (χ0) is 16.4. The molecule has 0 radical (unpaired) electrons. The van der Waals surface area contributed by atoms with Crippen LogP contribution in [0.2, 0.25) is 0 Å². The smallest absolute Gasteiger partial charge is 0.126 e. The van der Waals surface area contributed by atoms with Crippen molar-refractivity contribution in [2.45, 2.75) is 60.0 Å². The second-order valence-corrected chi connectivity index (χ2v) is 6.38. The van der Waals surface area contributed by atoms with E-state index in [1.54, 1.807) is 14.0 Å². The Labute approximate surface area is 130 Å². The standard InChI is InChI=1S/C15H22O2.C4H10/c1-11(2)13-8-9-15(17-4)14(10-13)7-5-6-12(3)16;1-4(2)3/h5,7-12,16H,6H2,1-4H3;4H,1-3H3/b7-5+;/t12-;/m1./s1. The molecular weight excluding hydrogens is 260 g/mol. The minimum absolute atomic E-state index is 0.300. The predicted molar refractivity (Wildman–Crippen MR) is 92.9 cm³/mol. The molecule has 0 heterocycles. The highest BCUT2D eigenvalue weighted by Crippen LogP contribution is 2.25. The van der Waals surface area contributed by atoms with Gasteiger partial charge in [0.05, 0.1) is 13.2 Å². The normalized spacial score (nSPS) is 12.5. The highest BCUT2D eigenvalue weighted by Gasteiger charge is 2.04. The van der Waals surface area contributed by atoms with E-state index in [4.69, 9.17) is 4.74 Å². The number of ether oxygens (including phenoxy) is 1. The van der Waals surface area contributed by atoms with E-state index < -0.39 is 0 Å². The zero-order valence-corrected chi connectivity index (χ0v) is 14.7. The summed E-state index contributed by atoms with van der Waals surface area (Å²) in [6.07, 6.45) is 4.35. The Morgan fingerprint density at radius 1 is 1.10 bits per heavy atom. The van der Waals surface area contributed by atoms with Crippen LogP contribution in [-0.2, 0) is 0 Å². The molecule has 0 bridgehead atoms. The Balaban J connectivity index is 0.000000885. The van der Waals surface area contributed by atoms with Crippen LogP contribution in [0.4, 0.5) is 0 Å². The lowest BCUT2D eigenvalue weighted by Crippen LogP contribution is -1.96. The summed E-state index contributed by atoms with van der Waals surface area (Å²) in [5, 5.41) is 9.22. The van der Waals surface area contributed by atoms with Crippen LogP contribution in [0.5, 0.6) is 5.75 Å². The van der Waals surface area contributed by atoms with E-state index >= 15 is 0 Å². The van der Waals surface area contributed by atoms with Crippen molar-refractivity contribution in [1.29, 1.82) is 0 Å². The van der Waals surface area contributed by atoms with Crippen molar-refractivity contribution in [2.24, 2.45) is 5.92 Å². The average Bonchev–Trinajstić information content (AvgIpc) is 2.37. The van der Waals surface area contributed by atoms with Gasteiger partial charge in [-0.2, -0.15) is 0 Å². The Morgan fingerprint density at radius 2 is 1.67 bits per heavy atom. The Kier molecular flexibility index (Phi) is 9.81. The molecule has 21 heavy (non-hydrogen) atoms. The number of benzene rings is 1. The second kappa shape index (κ2) is 10.4. The highest BCUT2D eigenvalue weighted by atomic mass is 16.5. The van der Waals surface area contributed by atoms with Crippen LogP contribution in [0.3, 0.4) is 0 Å². The fourth-order valence-electron chi connectivity index (χ4n) is 1.63. The van der Waals surface area contributed by atoms with Gasteiger partial charge in [-0.05, 0) is 42.9 Å². The first-order chi connectivity index (χ1) is 9.77. The summed E-state index contributed by atoms with van der Waals surface area (Å²) in [7, 11) is 1.68. The van der Waals surface area contributed by atoms with Gasteiger partial charge in [-0.1, -0.05) is 52.8 Å². The number of aliphatic hydroxyl groups excluding tert-OH is 1. The highest BCUT2D eigenvalue weighted by molar-refractivity contribution is 5.58. The maximum absolute atomic E-state index is 9.22. The van der Waals surface area contributed by atoms with Crippen LogP contribution >= 0.6 is 0 Å². The van der Waals surface area contributed by atoms with Crippen molar-refractivity contribution in [3.8, 4) is 5.75 Å². The first-order valence-corrected chi connectivity index (χ1v) is 7.80. The molecule has 0 saturated heterocycles. The van der Waals surface area contributed by atoms with E-state index in [2.05, 4.69) is 46.8 Å². The minimum Gasteiger partial charge on any atom is -0.496 e. The topological polar surface area (TPSA) is 29.5 Å². The molecule has 0 spiro atoms. The van der Waals surface area contributed by atoms with E-state index in [0.29, 0.717) is 12.3 Å². The SMILES string of the molecule is CC(C)C.COc1ccc(C(C)C)cc1/C=C/C[C@@H](C)O. The summed E-state index contributed by atoms with van der Waals surface area (Å²) >= 11 is 0. The molecule has 1 atom stereocenters. The molecule has 0 aliphatic heterocycles. The molecule has 0 aliphatic rings. The van der Waals surface area contributed by atoms with Gasteiger partial charge in [0.25, 0.3) is 0 Å². The second-order valence-electron chi connectivity index (χ2n) is 6.38. The van der Waals surface area contributed by atoms with Crippen LogP contribution < -0.4 is 4.74 Å². The molecule has 0 amide bonds. The van der Waals surface area contributed by atoms with Gasteiger partial charge < -0.3 is 9.84 Å². The van der Waals surface area contributed by atoms with Gasteiger partial charge in [0.15, 0.2) is 0 Å². The molecule has 1 rings (SSSR count). The van der Waals surface area contributed by atoms with Gasteiger partial charge in [0.2, 0.25) is 0 Å². The molecule has 2 nitrogen and oxygen atoms in total. The lowest BCUT2D eigenvalue weighted by atomic mass is 10.00. The van der Waals surface area contributed by atoms with E-state index in [9.17, 15) is 5.11 Å². The van der Waals surface area contributed by atoms with E-state index in [-0.39, 0.29) is 6.10 Å². The van der Waals surface area contributed by atoms with E-state index in [1.165, 1.54) is 5.56 Å². The molecule has 120 valence electrons. The van der Waals surface area contributed by atoms with Gasteiger partial charge in [-0.25, -0.2) is 0 Å². The summed E-state index contributed by atoms with van der Waals surface area (Å²) in [5.74, 6) is 2.21. The summed E-state index contributed by atoms with van der Waals surface area (Å²) in [6.45, 7) is 12.6. The van der Waals surface area contributed by atoms with Crippen molar-refractivity contribution in [1.82, 2.24) is 0 Å². The van der Waals surface area contributed by atoms with Crippen LogP contribution in [0.15, 0.2) is 24.3 Å². The molecule has 1 aromatic rings. The number of aliphatic hydroxyl groups is 1. The van der Waals surface area contributed by atoms with Crippen molar-refractivity contribution in [3.63, 3.8) is 0 Å². The fraction of sp³-hybridized carbons (Fsp3) is 0.579.